The molecule has 0 saturated heterocycles. The number of benzene rings is 1. The number of halogens is 1. The highest BCUT2D eigenvalue weighted by molar-refractivity contribution is 5.95. The molecule has 0 aliphatic heterocycles. The van der Waals surface area contributed by atoms with E-state index in [0.717, 1.165) is 17.7 Å². The first-order chi connectivity index (χ1) is 10.1. The SMILES string of the molecule is CCCN(CC(=O)Nc1ccccc1C)C(=O)CCNC.Cl. The summed E-state index contributed by atoms with van der Waals surface area (Å²) in [5, 5.41) is 5.81. The molecule has 5 nitrogen and oxygen atoms in total. The molecule has 1 aromatic rings. The van der Waals surface area contributed by atoms with Crippen molar-refractivity contribution in [2.75, 3.05) is 32.0 Å². The maximum Gasteiger partial charge on any atom is 0.244 e. The smallest absolute Gasteiger partial charge is 0.244 e. The van der Waals surface area contributed by atoms with Crippen molar-refractivity contribution < 1.29 is 9.59 Å². The number of carbonyl (C=O) groups is 2. The maximum absolute atomic E-state index is 12.1. The van der Waals surface area contributed by atoms with Gasteiger partial charge in [0.25, 0.3) is 0 Å². The van der Waals surface area contributed by atoms with E-state index in [1.165, 1.54) is 0 Å². The number of nitrogens with zero attached hydrogens (tertiary/aromatic N) is 1. The van der Waals surface area contributed by atoms with Gasteiger partial charge in [0, 0.05) is 25.2 Å². The number of hydrogen-bond donors (Lipinski definition) is 2. The number of carbonyl (C=O) groups excluding carboxylic acids is 2. The number of nitrogens with one attached hydrogen (secondary N) is 2. The minimum atomic E-state index is -0.157. The molecular weight excluding hydrogens is 302 g/mol. The van der Waals surface area contributed by atoms with Crippen LogP contribution in [0.3, 0.4) is 0 Å². The largest absolute Gasteiger partial charge is 0.333 e. The molecule has 1 rings (SSSR count). The Morgan fingerprint density at radius 2 is 1.91 bits per heavy atom. The van der Waals surface area contributed by atoms with Gasteiger partial charge in [-0.2, -0.15) is 0 Å². The first kappa shape index (κ1) is 20.4. The highest BCUT2D eigenvalue weighted by atomic mass is 35.5. The van der Waals surface area contributed by atoms with Crippen LogP contribution in [0, 0.1) is 6.92 Å². The van der Waals surface area contributed by atoms with Crippen LogP contribution in [-0.4, -0.2) is 43.4 Å². The van der Waals surface area contributed by atoms with Crippen molar-refractivity contribution >= 4 is 29.9 Å². The van der Waals surface area contributed by atoms with Crippen molar-refractivity contribution in [3.8, 4) is 0 Å². The fourth-order valence-electron chi connectivity index (χ4n) is 2.03. The van der Waals surface area contributed by atoms with Crippen LogP contribution in [0.4, 0.5) is 5.69 Å². The van der Waals surface area contributed by atoms with Crippen LogP contribution in [0.25, 0.3) is 0 Å². The Kier molecular flexibility index (Phi) is 10.2. The number of rotatable bonds is 8. The number of anilines is 1. The third-order valence-corrected chi connectivity index (χ3v) is 3.19. The van der Waals surface area contributed by atoms with E-state index in [9.17, 15) is 9.59 Å². The van der Waals surface area contributed by atoms with Crippen LogP contribution < -0.4 is 10.6 Å². The molecule has 2 amide bonds. The van der Waals surface area contributed by atoms with E-state index < -0.39 is 0 Å². The summed E-state index contributed by atoms with van der Waals surface area (Å²) in [4.78, 5) is 25.8. The highest BCUT2D eigenvalue weighted by Gasteiger charge is 2.16. The van der Waals surface area contributed by atoms with Crippen molar-refractivity contribution in [3.05, 3.63) is 29.8 Å². The lowest BCUT2D eigenvalue weighted by atomic mass is 10.2. The van der Waals surface area contributed by atoms with Crippen LogP contribution in [-0.2, 0) is 9.59 Å². The molecule has 0 unspecified atom stereocenters. The van der Waals surface area contributed by atoms with Gasteiger partial charge in [-0.3, -0.25) is 9.59 Å². The van der Waals surface area contributed by atoms with Crippen LogP contribution in [0.2, 0.25) is 0 Å². The molecule has 2 N–H and O–H groups in total. The second kappa shape index (κ2) is 11.0. The lowest BCUT2D eigenvalue weighted by Crippen LogP contribution is -2.39. The Morgan fingerprint density at radius 3 is 2.50 bits per heavy atom. The van der Waals surface area contributed by atoms with Gasteiger partial charge in [0.2, 0.25) is 11.8 Å². The summed E-state index contributed by atoms with van der Waals surface area (Å²) in [6.45, 7) is 5.27. The summed E-state index contributed by atoms with van der Waals surface area (Å²) >= 11 is 0. The van der Waals surface area contributed by atoms with Crippen molar-refractivity contribution in [3.63, 3.8) is 0 Å². The molecule has 0 aromatic heterocycles. The molecule has 6 heteroatoms. The van der Waals surface area contributed by atoms with Gasteiger partial charge in [-0.25, -0.2) is 0 Å². The molecule has 0 spiro atoms. The number of para-hydroxylation sites is 1. The van der Waals surface area contributed by atoms with Crippen molar-refractivity contribution in [1.82, 2.24) is 10.2 Å². The predicted molar refractivity (Wildman–Crippen MR) is 92.5 cm³/mol. The molecule has 22 heavy (non-hydrogen) atoms. The standard InChI is InChI=1S/C16H25N3O2.ClH/c1-4-11-19(16(21)9-10-17-3)12-15(20)18-14-8-6-5-7-13(14)2;/h5-8,17H,4,9-12H2,1-3H3,(H,18,20);1H. The van der Waals surface area contributed by atoms with Crippen LogP contribution >= 0.6 is 12.4 Å². The van der Waals surface area contributed by atoms with Crippen LogP contribution in [0.15, 0.2) is 24.3 Å². The van der Waals surface area contributed by atoms with E-state index in [-0.39, 0.29) is 30.8 Å². The van der Waals surface area contributed by atoms with Gasteiger partial charge in [-0.1, -0.05) is 25.1 Å². The van der Waals surface area contributed by atoms with Gasteiger partial charge in [0.1, 0.15) is 0 Å². The van der Waals surface area contributed by atoms with Crippen LogP contribution in [0.1, 0.15) is 25.3 Å². The van der Waals surface area contributed by atoms with Crippen molar-refractivity contribution in [1.29, 1.82) is 0 Å². The molecule has 0 heterocycles. The zero-order chi connectivity index (χ0) is 15.7. The minimum Gasteiger partial charge on any atom is -0.333 e. The van der Waals surface area contributed by atoms with E-state index in [2.05, 4.69) is 10.6 Å². The Balaban J connectivity index is 0.00000441. The van der Waals surface area contributed by atoms with Gasteiger partial charge in [0.05, 0.1) is 6.54 Å². The van der Waals surface area contributed by atoms with E-state index >= 15 is 0 Å². The monoisotopic (exact) mass is 327 g/mol. The number of hydrogen-bond acceptors (Lipinski definition) is 3. The lowest BCUT2D eigenvalue weighted by molar-refractivity contribution is -0.134. The van der Waals surface area contributed by atoms with Gasteiger partial charge in [0.15, 0.2) is 0 Å². The Bertz CT molecular complexity index is 480. The first-order valence-corrected chi connectivity index (χ1v) is 7.36. The first-order valence-electron chi connectivity index (χ1n) is 7.36. The average molecular weight is 328 g/mol. The second-order valence-corrected chi connectivity index (χ2v) is 5.03. The molecule has 0 atom stereocenters. The average Bonchev–Trinajstić information content (AvgIpc) is 2.46. The molecule has 0 saturated carbocycles. The molecule has 1 aromatic carbocycles. The normalized spacial score (nSPS) is 9.77. The summed E-state index contributed by atoms with van der Waals surface area (Å²) < 4.78 is 0. The van der Waals surface area contributed by atoms with Gasteiger partial charge in [-0.05, 0) is 32.0 Å². The molecule has 0 aliphatic carbocycles. The van der Waals surface area contributed by atoms with Gasteiger partial charge >= 0.3 is 0 Å². The Morgan fingerprint density at radius 1 is 1.23 bits per heavy atom. The predicted octanol–water partition coefficient (Wildman–Crippen LogP) is 2.20. The fourth-order valence-corrected chi connectivity index (χ4v) is 2.03. The Hall–Kier alpha value is -1.59. The van der Waals surface area contributed by atoms with Crippen molar-refractivity contribution in [2.24, 2.45) is 0 Å². The summed E-state index contributed by atoms with van der Waals surface area (Å²) in [5.74, 6) is -0.151. The van der Waals surface area contributed by atoms with E-state index in [4.69, 9.17) is 0 Å². The molecular formula is C16H26ClN3O2. The molecule has 0 radical (unpaired) electrons. The highest BCUT2D eigenvalue weighted by Crippen LogP contribution is 2.13. The quantitative estimate of drug-likeness (QED) is 0.769. The molecule has 0 fully saturated rings. The zero-order valence-electron chi connectivity index (χ0n) is 13.5. The summed E-state index contributed by atoms with van der Waals surface area (Å²) in [7, 11) is 1.81. The van der Waals surface area contributed by atoms with Gasteiger partial charge in [-0.15, -0.1) is 12.4 Å². The topological polar surface area (TPSA) is 61.4 Å². The summed E-state index contributed by atoms with van der Waals surface area (Å²) in [5.41, 5.74) is 1.80. The second-order valence-electron chi connectivity index (χ2n) is 5.03. The minimum absolute atomic E-state index is 0. The molecule has 0 aliphatic rings. The number of aryl methyl sites for hydroxylation is 1. The summed E-state index contributed by atoms with van der Waals surface area (Å²) in [6.07, 6.45) is 1.25. The van der Waals surface area contributed by atoms with E-state index in [1.54, 1.807) is 4.90 Å². The number of amides is 2. The van der Waals surface area contributed by atoms with Crippen LogP contribution in [0.5, 0.6) is 0 Å². The molecule has 124 valence electrons. The third-order valence-electron chi connectivity index (χ3n) is 3.19. The zero-order valence-corrected chi connectivity index (χ0v) is 14.3. The molecule has 0 bridgehead atoms. The van der Waals surface area contributed by atoms with E-state index in [1.807, 2.05) is 45.2 Å². The Labute approximate surface area is 138 Å². The van der Waals surface area contributed by atoms with Gasteiger partial charge < -0.3 is 15.5 Å². The maximum atomic E-state index is 12.1. The summed E-state index contributed by atoms with van der Waals surface area (Å²) in [6, 6.07) is 7.61. The fraction of sp³-hybridized carbons (Fsp3) is 0.500. The third kappa shape index (κ3) is 6.91. The van der Waals surface area contributed by atoms with E-state index in [0.29, 0.717) is 19.5 Å². The van der Waals surface area contributed by atoms with Crippen molar-refractivity contribution in [2.45, 2.75) is 26.7 Å². The lowest BCUT2D eigenvalue weighted by Gasteiger charge is -2.22.